The van der Waals surface area contributed by atoms with Crippen molar-refractivity contribution >= 4 is 0 Å². The Kier molecular flexibility index (Phi) is 2.55. The molecule has 0 bridgehead atoms. The Balaban J connectivity index is 2.18. The Morgan fingerprint density at radius 2 is 2.18 bits per heavy atom. The molecular formula is C9H20N2. The fourth-order valence-corrected chi connectivity index (χ4v) is 1.69. The van der Waals surface area contributed by atoms with Gasteiger partial charge in [0.1, 0.15) is 0 Å². The van der Waals surface area contributed by atoms with E-state index in [0.717, 1.165) is 12.5 Å². The molecule has 0 aromatic heterocycles. The van der Waals surface area contributed by atoms with Gasteiger partial charge < -0.3 is 10.6 Å². The van der Waals surface area contributed by atoms with Crippen LogP contribution >= 0.6 is 0 Å². The second-order valence-electron chi connectivity index (χ2n) is 4.10. The van der Waals surface area contributed by atoms with Crippen LogP contribution in [0, 0.1) is 5.92 Å². The molecule has 0 radical (unpaired) electrons. The molecule has 0 spiro atoms. The highest BCUT2D eigenvalue weighted by atomic mass is 15.1. The number of nitrogens with two attached hydrogens (primary N) is 1. The second-order valence-corrected chi connectivity index (χ2v) is 4.10. The first-order valence-electron chi connectivity index (χ1n) is 4.52. The Bertz CT molecular complexity index is 134. The number of nitrogens with zero attached hydrogens (tertiary/aromatic N) is 1. The molecule has 0 aromatic carbocycles. The lowest BCUT2D eigenvalue weighted by atomic mass is 10.1. The maximum atomic E-state index is 6.12. The van der Waals surface area contributed by atoms with Crippen LogP contribution in [0.2, 0.25) is 0 Å². The molecule has 2 heteroatoms. The van der Waals surface area contributed by atoms with Crippen LogP contribution in [0.4, 0.5) is 0 Å². The predicted molar refractivity (Wildman–Crippen MR) is 48.5 cm³/mol. The molecule has 2 atom stereocenters. The summed E-state index contributed by atoms with van der Waals surface area (Å²) >= 11 is 0. The highest BCUT2D eigenvalue weighted by molar-refractivity contribution is 5.06. The van der Waals surface area contributed by atoms with Gasteiger partial charge in [-0.2, -0.15) is 0 Å². The van der Waals surface area contributed by atoms with E-state index in [1.807, 2.05) is 0 Å². The zero-order chi connectivity index (χ0) is 8.48. The van der Waals surface area contributed by atoms with Crippen LogP contribution < -0.4 is 5.73 Å². The maximum Gasteiger partial charge on any atom is 0.0199 e. The van der Waals surface area contributed by atoms with Crippen molar-refractivity contribution < 1.29 is 0 Å². The van der Waals surface area contributed by atoms with Gasteiger partial charge in [-0.1, -0.05) is 13.3 Å². The third-order valence-corrected chi connectivity index (χ3v) is 2.80. The molecule has 2 N–H and O–H groups in total. The molecule has 0 aliphatic heterocycles. The molecule has 2 unspecified atom stereocenters. The topological polar surface area (TPSA) is 29.3 Å². The largest absolute Gasteiger partial charge is 0.325 e. The van der Waals surface area contributed by atoms with Gasteiger partial charge in [0.05, 0.1) is 0 Å². The summed E-state index contributed by atoms with van der Waals surface area (Å²) in [4.78, 5) is 2.21. The molecule has 66 valence electrons. The van der Waals surface area contributed by atoms with Crippen LogP contribution in [-0.4, -0.2) is 31.1 Å². The normalized spacial score (nSPS) is 36.3. The molecule has 0 aromatic rings. The van der Waals surface area contributed by atoms with Gasteiger partial charge in [-0.25, -0.2) is 0 Å². The smallest absolute Gasteiger partial charge is 0.0199 e. The Hall–Kier alpha value is -0.0800. The summed E-state index contributed by atoms with van der Waals surface area (Å²) in [5.74, 6) is 0.808. The van der Waals surface area contributed by atoms with Crippen molar-refractivity contribution in [3.8, 4) is 0 Å². The van der Waals surface area contributed by atoms with Crippen molar-refractivity contribution in [3.05, 3.63) is 0 Å². The number of rotatable bonds is 4. The quantitative estimate of drug-likeness (QED) is 0.659. The average molecular weight is 156 g/mol. The molecular weight excluding hydrogens is 136 g/mol. The van der Waals surface area contributed by atoms with Crippen LogP contribution in [0.25, 0.3) is 0 Å². The molecule has 1 saturated carbocycles. The van der Waals surface area contributed by atoms with Crippen LogP contribution in [0.3, 0.4) is 0 Å². The Morgan fingerprint density at radius 1 is 1.55 bits per heavy atom. The predicted octanol–water partition coefficient (Wildman–Crippen LogP) is 1.07. The lowest BCUT2D eigenvalue weighted by molar-refractivity contribution is 0.365. The molecule has 1 aliphatic rings. The van der Waals surface area contributed by atoms with Crippen molar-refractivity contribution in [2.24, 2.45) is 11.7 Å². The Labute approximate surface area is 69.8 Å². The van der Waals surface area contributed by atoms with E-state index >= 15 is 0 Å². The summed E-state index contributed by atoms with van der Waals surface area (Å²) < 4.78 is 0. The average Bonchev–Trinajstić information content (AvgIpc) is 2.59. The maximum absolute atomic E-state index is 6.12. The summed E-state index contributed by atoms with van der Waals surface area (Å²) in [6.07, 6.45) is 3.67. The minimum absolute atomic E-state index is 0.207. The van der Waals surface area contributed by atoms with E-state index in [2.05, 4.69) is 25.9 Å². The summed E-state index contributed by atoms with van der Waals surface area (Å²) in [5, 5.41) is 0. The van der Waals surface area contributed by atoms with E-state index in [1.54, 1.807) is 0 Å². The molecule has 0 amide bonds. The molecule has 2 nitrogen and oxygen atoms in total. The third-order valence-electron chi connectivity index (χ3n) is 2.80. The first kappa shape index (κ1) is 9.01. The van der Waals surface area contributed by atoms with E-state index in [4.69, 9.17) is 5.73 Å². The molecule has 1 aliphatic carbocycles. The lowest BCUT2D eigenvalue weighted by Gasteiger charge is -2.14. The second kappa shape index (κ2) is 3.11. The highest BCUT2D eigenvalue weighted by Crippen LogP contribution is 2.45. The monoisotopic (exact) mass is 156 g/mol. The molecule has 11 heavy (non-hydrogen) atoms. The fraction of sp³-hybridized carbons (Fsp3) is 1.00. The lowest BCUT2D eigenvalue weighted by Crippen LogP contribution is -2.30. The zero-order valence-corrected chi connectivity index (χ0v) is 7.93. The summed E-state index contributed by atoms with van der Waals surface area (Å²) in [6, 6.07) is 0. The minimum Gasteiger partial charge on any atom is -0.325 e. The van der Waals surface area contributed by atoms with Crippen molar-refractivity contribution in [1.29, 1.82) is 0 Å². The first-order valence-corrected chi connectivity index (χ1v) is 4.52. The zero-order valence-electron chi connectivity index (χ0n) is 7.93. The van der Waals surface area contributed by atoms with Crippen molar-refractivity contribution in [2.45, 2.75) is 31.7 Å². The van der Waals surface area contributed by atoms with Gasteiger partial charge in [0.25, 0.3) is 0 Å². The Morgan fingerprint density at radius 3 is 2.55 bits per heavy atom. The molecule has 1 fully saturated rings. The van der Waals surface area contributed by atoms with Crippen LogP contribution in [0.1, 0.15) is 26.2 Å². The van der Waals surface area contributed by atoms with Crippen molar-refractivity contribution in [2.75, 3.05) is 20.6 Å². The van der Waals surface area contributed by atoms with Gasteiger partial charge in [-0.3, -0.25) is 0 Å². The minimum atomic E-state index is 0.207. The van der Waals surface area contributed by atoms with Gasteiger partial charge >= 0.3 is 0 Å². The molecule has 0 heterocycles. The van der Waals surface area contributed by atoms with Gasteiger partial charge in [-0.15, -0.1) is 0 Å². The van der Waals surface area contributed by atoms with Crippen LogP contribution in [0.15, 0.2) is 0 Å². The summed E-state index contributed by atoms with van der Waals surface area (Å²) in [5.41, 5.74) is 6.33. The number of hydrogen-bond acceptors (Lipinski definition) is 2. The summed E-state index contributed by atoms with van der Waals surface area (Å²) in [6.45, 7) is 3.36. The number of hydrogen-bond donors (Lipinski definition) is 1. The summed E-state index contributed by atoms with van der Waals surface area (Å²) in [7, 11) is 4.21. The van der Waals surface area contributed by atoms with E-state index in [1.165, 1.54) is 19.3 Å². The van der Waals surface area contributed by atoms with Crippen molar-refractivity contribution in [3.63, 3.8) is 0 Å². The van der Waals surface area contributed by atoms with Crippen LogP contribution in [-0.2, 0) is 0 Å². The van der Waals surface area contributed by atoms with E-state index in [0.29, 0.717) is 0 Å². The van der Waals surface area contributed by atoms with E-state index in [9.17, 15) is 0 Å². The van der Waals surface area contributed by atoms with Crippen molar-refractivity contribution in [1.82, 2.24) is 4.90 Å². The molecule has 1 rings (SSSR count). The SMILES string of the molecule is CCC1CC1(N)CCN(C)C. The first-order chi connectivity index (χ1) is 5.08. The van der Waals surface area contributed by atoms with Gasteiger partial charge in [0.15, 0.2) is 0 Å². The highest BCUT2D eigenvalue weighted by Gasteiger charge is 2.48. The van der Waals surface area contributed by atoms with Gasteiger partial charge in [0, 0.05) is 5.54 Å². The molecule has 0 saturated heterocycles. The van der Waals surface area contributed by atoms with E-state index < -0.39 is 0 Å². The van der Waals surface area contributed by atoms with Crippen LogP contribution in [0.5, 0.6) is 0 Å². The van der Waals surface area contributed by atoms with Gasteiger partial charge in [0.2, 0.25) is 0 Å². The van der Waals surface area contributed by atoms with Gasteiger partial charge in [-0.05, 0) is 39.4 Å². The standard InChI is InChI=1S/C9H20N2/c1-4-8-7-9(8,10)5-6-11(2)3/h8H,4-7,10H2,1-3H3. The fourth-order valence-electron chi connectivity index (χ4n) is 1.69. The van der Waals surface area contributed by atoms with E-state index in [-0.39, 0.29) is 5.54 Å². The third kappa shape index (κ3) is 2.17.